The number of benzene rings is 2. The van der Waals surface area contributed by atoms with Crippen LogP contribution < -0.4 is 10.3 Å². The zero-order valence-electron chi connectivity index (χ0n) is 17.1. The van der Waals surface area contributed by atoms with Crippen molar-refractivity contribution in [3.63, 3.8) is 0 Å². The largest absolute Gasteiger partial charge is 0.296 e. The Morgan fingerprint density at radius 1 is 0.938 bits per heavy atom. The molecule has 3 heterocycles. The molecule has 0 aliphatic carbocycles. The maximum Gasteiger partial charge on any atom is 0.261 e. The van der Waals surface area contributed by atoms with Gasteiger partial charge in [-0.1, -0.05) is 29.8 Å². The molecule has 160 valence electrons. The average Bonchev–Trinajstić information content (AvgIpc) is 3.41. The zero-order chi connectivity index (χ0) is 22.6. The van der Waals surface area contributed by atoms with Crippen LogP contribution in [-0.4, -0.2) is 52.6 Å². The molecule has 0 bridgehead atoms. The fraction of sp³-hybridized carbons (Fsp3) is 0.217. The van der Waals surface area contributed by atoms with E-state index in [4.69, 9.17) is 0 Å². The van der Waals surface area contributed by atoms with Crippen molar-refractivity contribution < 1.29 is 24.0 Å². The van der Waals surface area contributed by atoms with Crippen molar-refractivity contribution in [3.8, 4) is 0 Å². The van der Waals surface area contributed by atoms with E-state index in [1.165, 1.54) is 0 Å². The predicted molar refractivity (Wildman–Crippen MR) is 113 cm³/mol. The number of carbonyl (C=O) groups is 5. The van der Waals surface area contributed by atoms with Gasteiger partial charge in [-0.25, -0.2) is 4.90 Å². The van der Waals surface area contributed by atoms with Gasteiger partial charge in [-0.3, -0.25) is 34.3 Å². The van der Waals surface area contributed by atoms with Crippen molar-refractivity contribution in [2.24, 2.45) is 11.0 Å². The summed E-state index contributed by atoms with van der Waals surface area (Å²) < 4.78 is 0. The van der Waals surface area contributed by atoms with Crippen LogP contribution in [0.4, 0.5) is 5.69 Å². The van der Waals surface area contributed by atoms with Gasteiger partial charge in [0, 0.05) is 13.0 Å². The fourth-order valence-electron chi connectivity index (χ4n) is 4.25. The monoisotopic (exact) mass is 430 g/mol. The minimum absolute atomic E-state index is 0.0560. The van der Waals surface area contributed by atoms with Gasteiger partial charge in [0.25, 0.3) is 17.7 Å². The normalized spacial score (nSPS) is 21.6. The maximum atomic E-state index is 13.0. The molecule has 5 rings (SSSR count). The van der Waals surface area contributed by atoms with Crippen molar-refractivity contribution in [3.05, 3.63) is 65.2 Å². The summed E-state index contributed by atoms with van der Waals surface area (Å²) in [6.07, 6.45) is -0.193. The molecule has 0 aromatic heterocycles. The van der Waals surface area contributed by atoms with Gasteiger partial charge in [0.1, 0.15) is 17.7 Å². The van der Waals surface area contributed by atoms with Gasteiger partial charge < -0.3 is 0 Å². The van der Waals surface area contributed by atoms with Crippen LogP contribution in [0, 0.1) is 12.8 Å². The lowest BCUT2D eigenvalue weighted by Crippen LogP contribution is -2.36. The lowest BCUT2D eigenvalue weighted by atomic mass is 9.94. The first-order chi connectivity index (χ1) is 15.4. The Labute approximate surface area is 182 Å². The molecule has 0 unspecified atom stereocenters. The molecular weight excluding hydrogens is 412 g/mol. The van der Waals surface area contributed by atoms with Crippen LogP contribution in [0.15, 0.2) is 53.6 Å². The van der Waals surface area contributed by atoms with Gasteiger partial charge >= 0.3 is 0 Å². The molecule has 1 N–H and O–H groups in total. The number of nitrogens with zero attached hydrogens (tertiary/aromatic N) is 3. The van der Waals surface area contributed by atoms with Gasteiger partial charge in [-0.15, -0.1) is 0 Å². The quantitative estimate of drug-likeness (QED) is 0.710. The summed E-state index contributed by atoms with van der Waals surface area (Å²) >= 11 is 0. The molecule has 0 spiro atoms. The topological polar surface area (TPSA) is 116 Å². The molecule has 4 amide bonds. The zero-order valence-corrected chi connectivity index (χ0v) is 17.1. The molecule has 2 aromatic rings. The van der Waals surface area contributed by atoms with E-state index in [0.29, 0.717) is 16.8 Å². The van der Waals surface area contributed by atoms with E-state index in [2.05, 4.69) is 10.5 Å². The van der Waals surface area contributed by atoms with Gasteiger partial charge in [-0.05, 0) is 31.2 Å². The lowest BCUT2D eigenvalue weighted by Gasteiger charge is -2.16. The number of ketones is 1. The second kappa shape index (κ2) is 7.23. The number of amides is 4. The molecule has 2 atom stereocenters. The molecular formula is C23H18N4O5. The highest BCUT2D eigenvalue weighted by atomic mass is 16.2. The van der Waals surface area contributed by atoms with Crippen LogP contribution in [0.1, 0.15) is 32.7 Å². The van der Waals surface area contributed by atoms with Crippen LogP contribution in [0.25, 0.3) is 0 Å². The third-order valence-corrected chi connectivity index (χ3v) is 5.94. The summed E-state index contributed by atoms with van der Waals surface area (Å²) in [5.74, 6) is -3.44. The number of hydrogen-bond acceptors (Lipinski definition) is 7. The summed E-state index contributed by atoms with van der Waals surface area (Å²) in [5, 5.41) is 3.95. The van der Waals surface area contributed by atoms with E-state index in [9.17, 15) is 24.0 Å². The van der Waals surface area contributed by atoms with Gasteiger partial charge in [0.2, 0.25) is 5.91 Å². The molecule has 2 aromatic carbocycles. The number of imide groups is 2. The predicted octanol–water partition coefficient (Wildman–Crippen LogP) is 1.07. The minimum atomic E-state index is -1.03. The average molecular weight is 430 g/mol. The Morgan fingerprint density at radius 2 is 1.56 bits per heavy atom. The fourth-order valence-corrected chi connectivity index (χ4v) is 4.25. The van der Waals surface area contributed by atoms with Crippen molar-refractivity contribution in [1.82, 2.24) is 10.3 Å². The van der Waals surface area contributed by atoms with E-state index in [0.717, 1.165) is 15.4 Å². The SMILES string of the molecule is Cc1ccc(N2C(=O)[C@@H]3C(C(=O)CCN4C(=O)c5ccccc5C4=O)=NN[C@@H]3C2=O)cc1. The first kappa shape index (κ1) is 19.8. The van der Waals surface area contributed by atoms with Crippen molar-refractivity contribution in [1.29, 1.82) is 0 Å². The van der Waals surface area contributed by atoms with Crippen LogP contribution in [0.2, 0.25) is 0 Å². The Hall–Kier alpha value is -4.14. The number of rotatable bonds is 5. The van der Waals surface area contributed by atoms with E-state index in [1.807, 2.05) is 6.92 Å². The van der Waals surface area contributed by atoms with Crippen LogP contribution in [0.3, 0.4) is 0 Å². The van der Waals surface area contributed by atoms with Gasteiger partial charge in [0.05, 0.1) is 16.8 Å². The minimum Gasteiger partial charge on any atom is -0.296 e. The van der Waals surface area contributed by atoms with Crippen LogP contribution in [-0.2, 0) is 14.4 Å². The second-order valence-corrected chi connectivity index (χ2v) is 7.91. The van der Waals surface area contributed by atoms with E-state index >= 15 is 0 Å². The summed E-state index contributed by atoms with van der Waals surface area (Å²) in [4.78, 5) is 65.7. The second-order valence-electron chi connectivity index (χ2n) is 7.91. The molecule has 3 aliphatic rings. The third kappa shape index (κ3) is 2.85. The van der Waals surface area contributed by atoms with E-state index in [-0.39, 0.29) is 18.7 Å². The number of carbonyl (C=O) groups excluding carboxylic acids is 5. The molecule has 3 aliphatic heterocycles. The standard InChI is InChI=1S/C23H18N4O5/c1-12-6-8-13(9-7-12)27-22(31)17-18(24-25-19(17)23(27)32)16(28)10-11-26-20(29)14-4-2-3-5-15(14)21(26)30/h2-9,17,19,25H,10-11H2,1H3/t17-,19+/m1/s1. The van der Waals surface area contributed by atoms with Crippen LogP contribution in [0.5, 0.6) is 0 Å². The Kier molecular flexibility index (Phi) is 4.47. The van der Waals surface area contributed by atoms with Crippen molar-refractivity contribution >= 4 is 40.8 Å². The highest BCUT2D eigenvalue weighted by molar-refractivity contribution is 6.48. The first-order valence-electron chi connectivity index (χ1n) is 10.1. The molecule has 0 saturated carbocycles. The molecule has 0 radical (unpaired) electrons. The summed E-state index contributed by atoms with van der Waals surface area (Å²) in [6, 6.07) is 12.5. The molecule has 9 heteroatoms. The Morgan fingerprint density at radius 3 is 2.19 bits per heavy atom. The number of anilines is 1. The van der Waals surface area contributed by atoms with Gasteiger partial charge in [-0.2, -0.15) is 5.10 Å². The summed E-state index contributed by atoms with van der Waals surface area (Å²) in [5.41, 5.74) is 4.57. The van der Waals surface area contributed by atoms with Crippen molar-refractivity contribution in [2.75, 3.05) is 11.4 Å². The van der Waals surface area contributed by atoms with Crippen molar-refractivity contribution in [2.45, 2.75) is 19.4 Å². The molecule has 1 saturated heterocycles. The number of aryl methyl sites for hydroxylation is 1. The molecule has 1 fully saturated rings. The maximum absolute atomic E-state index is 13.0. The number of hydrazone groups is 1. The number of hydrogen-bond donors (Lipinski definition) is 1. The van der Waals surface area contributed by atoms with E-state index < -0.39 is 41.4 Å². The Balaban J connectivity index is 1.30. The smallest absolute Gasteiger partial charge is 0.261 e. The molecule has 32 heavy (non-hydrogen) atoms. The first-order valence-corrected chi connectivity index (χ1v) is 10.1. The molecule has 9 nitrogen and oxygen atoms in total. The number of fused-ring (bicyclic) bond motifs is 2. The number of nitrogens with one attached hydrogen (secondary N) is 1. The van der Waals surface area contributed by atoms with Gasteiger partial charge in [0.15, 0.2) is 5.78 Å². The van der Waals surface area contributed by atoms with Crippen LogP contribution >= 0.6 is 0 Å². The Bertz CT molecular complexity index is 1200. The summed E-state index contributed by atoms with van der Waals surface area (Å²) in [6.45, 7) is 1.76. The third-order valence-electron chi connectivity index (χ3n) is 5.94. The highest BCUT2D eigenvalue weighted by Crippen LogP contribution is 2.31. The van der Waals surface area contributed by atoms with E-state index in [1.54, 1.807) is 48.5 Å². The lowest BCUT2D eigenvalue weighted by molar-refractivity contribution is -0.122. The number of Topliss-reactive ketones (excluding diaryl/α,β-unsaturated/α-hetero) is 1. The summed E-state index contributed by atoms with van der Waals surface area (Å²) in [7, 11) is 0. The highest BCUT2D eigenvalue weighted by Gasteiger charge is 2.55.